The van der Waals surface area contributed by atoms with Gasteiger partial charge in [0.15, 0.2) is 0 Å². The lowest BCUT2D eigenvalue weighted by Gasteiger charge is -2.28. The van der Waals surface area contributed by atoms with Crippen molar-refractivity contribution in [1.82, 2.24) is 9.97 Å². The molecule has 0 spiro atoms. The fourth-order valence-electron chi connectivity index (χ4n) is 3.04. The molecule has 2 aromatic rings. The lowest BCUT2D eigenvalue weighted by molar-refractivity contribution is 0.306. The summed E-state index contributed by atoms with van der Waals surface area (Å²) < 4.78 is 0. The van der Waals surface area contributed by atoms with Gasteiger partial charge >= 0.3 is 0 Å². The van der Waals surface area contributed by atoms with Gasteiger partial charge in [0.05, 0.1) is 10.5 Å². The average molecular weight is 264 g/mol. The highest BCUT2D eigenvalue weighted by atomic mass is 35.5. The molecule has 1 fully saturated rings. The third kappa shape index (κ3) is 2.02. The number of hydrogen-bond donors (Lipinski definition) is 2. The van der Waals surface area contributed by atoms with Crippen LogP contribution in [0.4, 0.5) is 0 Å². The van der Waals surface area contributed by atoms with Crippen LogP contribution in [0.2, 0.25) is 5.02 Å². The molecule has 3 N–H and O–H groups in total. The van der Waals surface area contributed by atoms with Crippen molar-refractivity contribution in [3.63, 3.8) is 0 Å². The lowest BCUT2D eigenvalue weighted by Crippen LogP contribution is -2.25. The van der Waals surface area contributed by atoms with E-state index in [2.05, 4.69) is 4.98 Å². The second-order valence-corrected chi connectivity index (χ2v) is 5.55. The predicted octanol–water partition coefficient (Wildman–Crippen LogP) is 3.45. The SMILES string of the molecule is NCC1CCCCC1c1nc2c(Cl)cccc2[nH]1. The summed E-state index contributed by atoms with van der Waals surface area (Å²) in [6.45, 7) is 0.745. The van der Waals surface area contributed by atoms with Crippen molar-refractivity contribution in [2.24, 2.45) is 11.7 Å². The number of halogens is 1. The van der Waals surface area contributed by atoms with Gasteiger partial charge in [0.1, 0.15) is 11.3 Å². The molecule has 18 heavy (non-hydrogen) atoms. The number of nitrogens with two attached hydrogens (primary N) is 1. The molecule has 1 aliphatic carbocycles. The Labute approximate surface area is 112 Å². The lowest BCUT2D eigenvalue weighted by atomic mass is 9.79. The molecule has 0 saturated heterocycles. The molecule has 1 aliphatic rings. The minimum atomic E-state index is 0.465. The molecule has 4 heteroatoms. The second kappa shape index (κ2) is 4.90. The molecule has 0 amide bonds. The Balaban J connectivity index is 2.00. The number of aromatic amines is 1. The molecule has 1 heterocycles. The molecular formula is C14H18ClN3. The summed E-state index contributed by atoms with van der Waals surface area (Å²) in [7, 11) is 0. The van der Waals surface area contributed by atoms with E-state index < -0.39 is 0 Å². The fourth-order valence-corrected chi connectivity index (χ4v) is 3.26. The standard InChI is InChI=1S/C14H18ClN3/c15-11-6-3-7-12-13(11)18-14(17-12)10-5-2-1-4-9(10)8-16/h3,6-7,9-10H,1-2,4-5,8,16H2,(H,17,18). The molecule has 1 aromatic carbocycles. The molecule has 1 saturated carbocycles. The highest BCUT2D eigenvalue weighted by Crippen LogP contribution is 2.37. The van der Waals surface area contributed by atoms with Gasteiger partial charge in [-0.25, -0.2) is 4.98 Å². The minimum Gasteiger partial charge on any atom is -0.342 e. The molecule has 2 unspecified atom stereocenters. The van der Waals surface area contributed by atoms with Gasteiger partial charge in [0, 0.05) is 5.92 Å². The molecule has 0 aliphatic heterocycles. The van der Waals surface area contributed by atoms with E-state index in [1.165, 1.54) is 25.7 Å². The maximum Gasteiger partial charge on any atom is 0.110 e. The Morgan fingerprint density at radius 1 is 1.33 bits per heavy atom. The van der Waals surface area contributed by atoms with Gasteiger partial charge in [0.2, 0.25) is 0 Å². The van der Waals surface area contributed by atoms with Crippen LogP contribution in [-0.4, -0.2) is 16.5 Å². The van der Waals surface area contributed by atoms with Crippen LogP contribution in [0.3, 0.4) is 0 Å². The average Bonchev–Trinajstić information content (AvgIpc) is 2.84. The van der Waals surface area contributed by atoms with Gasteiger partial charge in [0.25, 0.3) is 0 Å². The Hall–Kier alpha value is -1.06. The molecule has 3 rings (SSSR count). The van der Waals surface area contributed by atoms with Gasteiger partial charge < -0.3 is 10.7 Å². The van der Waals surface area contributed by atoms with Crippen molar-refractivity contribution in [2.45, 2.75) is 31.6 Å². The van der Waals surface area contributed by atoms with Gasteiger partial charge in [-0.3, -0.25) is 0 Å². The van der Waals surface area contributed by atoms with E-state index >= 15 is 0 Å². The zero-order valence-corrected chi connectivity index (χ0v) is 11.1. The van der Waals surface area contributed by atoms with Crippen LogP contribution in [0.1, 0.15) is 37.4 Å². The van der Waals surface area contributed by atoms with Crippen LogP contribution in [-0.2, 0) is 0 Å². The van der Waals surface area contributed by atoms with Crippen LogP contribution < -0.4 is 5.73 Å². The number of H-pyrrole nitrogens is 1. The number of imidazole rings is 1. The quantitative estimate of drug-likeness (QED) is 0.872. The van der Waals surface area contributed by atoms with Crippen LogP contribution in [0.15, 0.2) is 18.2 Å². The first-order chi connectivity index (χ1) is 8.79. The van der Waals surface area contributed by atoms with Crippen molar-refractivity contribution in [3.05, 3.63) is 29.0 Å². The topological polar surface area (TPSA) is 54.7 Å². The largest absolute Gasteiger partial charge is 0.342 e. The van der Waals surface area contributed by atoms with E-state index in [4.69, 9.17) is 22.3 Å². The van der Waals surface area contributed by atoms with Crippen LogP contribution in [0.25, 0.3) is 11.0 Å². The van der Waals surface area contributed by atoms with Crippen molar-refractivity contribution in [3.8, 4) is 0 Å². The highest BCUT2D eigenvalue weighted by Gasteiger charge is 2.27. The number of nitrogens with zero attached hydrogens (tertiary/aromatic N) is 1. The van der Waals surface area contributed by atoms with Crippen molar-refractivity contribution >= 4 is 22.6 Å². The van der Waals surface area contributed by atoms with E-state index in [9.17, 15) is 0 Å². The first kappa shape index (κ1) is 12.0. The van der Waals surface area contributed by atoms with Crippen LogP contribution in [0, 0.1) is 5.92 Å². The fraction of sp³-hybridized carbons (Fsp3) is 0.500. The van der Waals surface area contributed by atoms with Crippen molar-refractivity contribution < 1.29 is 0 Å². The van der Waals surface area contributed by atoms with E-state index in [-0.39, 0.29) is 0 Å². The zero-order valence-electron chi connectivity index (χ0n) is 10.3. The number of rotatable bonds is 2. The minimum absolute atomic E-state index is 0.465. The van der Waals surface area contributed by atoms with Crippen LogP contribution >= 0.6 is 11.6 Å². The maximum atomic E-state index is 6.17. The Morgan fingerprint density at radius 3 is 2.94 bits per heavy atom. The smallest absolute Gasteiger partial charge is 0.110 e. The Bertz CT molecular complexity index is 549. The second-order valence-electron chi connectivity index (χ2n) is 5.14. The monoisotopic (exact) mass is 263 g/mol. The summed E-state index contributed by atoms with van der Waals surface area (Å²) in [5, 5.41) is 0.718. The van der Waals surface area contributed by atoms with Gasteiger partial charge in [-0.05, 0) is 37.4 Å². The number of hydrogen-bond acceptors (Lipinski definition) is 2. The summed E-state index contributed by atoms with van der Waals surface area (Å²) in [6.07, 6.45) is 4.95. The van der Waals surface area contributed by atoms with Gasteiger partial charge in [-0.15, -0.1) is 0 Å². The molecule has 0 bridgehead atoms. The molecule has 2 atom stereocenters. The number of aromatic nitrogens is 2. The summed E-state index contributed by atoms with van der Waals surface area (Å²) in [4.78, 5) is 8.11. The molecule has 96 valence electrons. The molecular weight excluding hydrogens is 246 g/mol. The summed E-state index contributed by atoms with van der Waals surface area (Å²) in [5.41, 5.74) is 7.80. The number of benzene rings is 1. The maximum absolute atomic E-state index is 6.17. The van der Waals surface area contributed by atoms with Crippen molar-refractivity contribution in [1.29, 1.82) is 0 Å². The normalized spacial score (nSPS) is 24.6. The third-order valence-electron chi connectivity index (χ3n) is 4.04. The van der Waals surface area contributed by atoms with Gasteiger partial charge in [-0.1, -0.05) is 30.5 Å². The zero-order chi connectivity index (χ0) is 12.5. The third-order valence-corrected chi connectivity index (χ3v) is 4.35. The Kier molecular flexibility index (Phi) is 3.27. The van der Waals surface area contributed by atoms with Gasteiger partial charge in [-0.2, -0.15) is 0 Å². The molecule has 0 radical (unpaired) electrons. The van der Waals surface area contributed by atoms with E-state index in [0.717, 1.165) is 28.4 Å². The highest BCUT2D eigenvalue weighted by molar-refractivity contribution is 6.34. The first-order valence-electron chi connectivity index (χ1n) is 6.64. The van der Waals surface area contributed by atoms with E-state index in [1.807, 2.05) is 18.2 Å². The molecule has 3 nitrogen and oxygen atoms in total. The summed E-state index contributed by atoms with van der Waals surface area (Å²) in [5.74, 6) is 2.08. The number of para-hydroxylation sites is 1. The Morgan fingerprint density at radius 2 is 2.17 bits per heavy atom. The number of fused-ring (bicyclic) bond motifs is 1. The van der Waals surface area contributed by atoms with Crippen molar-refractivity contribution in [2.75, 3.05) is 6.54 Å². The first-order valence-corrected chi connectivity index (χ1v) is 7.01. The number of nitrogens with one attached hydrogen (secondary N) is 1. The van der Waals surface area contributed by atoms with Crippen LogP contribution in [0.5, 0.6) is 0 Å². The van der Waals surface area contributed by atoms with E-state index in [1.54, 1.807) is 0 Å². The summed E-state index contributed by atoms with van der Waals surface area (Å²) in [6, 6.07) is 5.86. The predicted molar refractivity (Wildman–Crippen MR) is 74.9 cm³/mol. The molecule has 1 aromatic heterocycles. The summed E-state index contributed by atoms with van der Waals surface area (Å²) >= 11 is 6.17. The van der Waals surface area contributed by atoms with E-state index in [0.29, 0.717) is 11.8 Å².